The van der Waals surface area contributed by atoms with Gasteiger partial charge in [-0.25, -0.2) is 0 Å². The van der Waals surface area contributed by atoms with Gasteiger partial charge in [0.2, 0.25) is 0 Å². The van der Waals surface area contributed by atoms with Crippen molar-refractivity contribution in [3.63, 3.8) is 0 Å². The molecule has 0 atom stereocenters. The average Bonchev–Trinajstić information content (AvgIpc) is 2.61. The summed E-state index contributed by atoms with van der Waals surface area (Å²) in [5.41, 5.74) is 0. The van der Waals surface area contributed by atoms with Crippen LogP contribution in [0.25, 0.3) is 0 Å². The number of nitrogens with one attached hydrogen (secondary N) is 1. The maximum atomic E-state index is 10.8. The number of carboxylic acid groups (broad SMARTS) is 1. The van der Waals surface area contributed by atoms with Crippen molar-refractivity contribution in [3.05, 3.63) is 0 Å². The summed E-state index contributed by atoms with van der Waals surface area (Å²) >= 11 is 0. The summed E-state index contributed by atoms with van der Waals surface area (Å²) in [6, 6.07) is 0. The monoisotopic (exact) mass is 354 g/mol. The molecule has 1 aliphatic heterocycles. The third kappa shape index (κ3) is 13.3. The number of aliphatic carboxylic acids is 1. The summed E-state index contributed by atoms with van der Waals surface area (Å²) in [4.78, 5) is 13.3. The van der Waals surface area contributed by atoms with Gasteiger partial charge in [-0.15, -0.1) is 0 Å². The maximum absolute atomic E-state index is 10.8. The Labute approximate surface area is 155 Å². The van der Waals surface area contributed by atoms with E-state index in [1.54, 1.807) is 0 Å². The van der Waals surface area contributed by atoms with Crippen LogP contribution in [0.3, 0.4) is 0 Å². The van der Waals surface area contributed by atoms with Crippen molar-refractivity contribution in [2.24, 2.45) is 5.92 Å². The first-order valence-corrected chi connectivity index (χ1v) is 10.9. The van der Waals surface area contributed by atoms with Gasteiger partial charge >= 0.3 is 5.97 Å². The van der Waals surface area contributed by atoms with Crippen molar-refractivity contribution in [2.45, 2.75) is 90.4 Å². The molecule has 0 bridgehead atoms. The zero-order chi connectivity index (χ0) is 18.2. The van der Waals surface area contributed by atoms with Crippen LogP contribution in [0.1, 0.15) is 90.4 Å². The Kier molecular flexibility index (Phi) is 14.0. The van der Waals surface area contributed by atoms with Crippen LogP contribution in [0.5, 0.6) is 0 Å². The summed E-state index contributed by atoms with van der Waals surface area (Å²) in [6.45, 7) is 7.89. The molecule has 1 aliphatic rings. The third-order valence-corrected chi connectivity index (χ3v) is 5.49. The van der Waals surface area contributed by atoms with Gasteiger partial charge in [-0.2, -0.15) is 0 Å². The van der Waals surface area contributed by atoms with E-state index >= 15 is 0 Å². The molecule has 0 saturated carbocycles. The SMILES string of the molecule is CCCCCCCCCN(CCCC(=O)O)CCCC1CCNCC1. The largest absolute Gasteiger partial charge is 0.481 e. The van der Waals surface area contributed by atoms with Gasteiger partial charge in [-0.3, -0.25) is 4.79 Å². The number of carbonyl (C=O) groups is 1. The van der Waals surface area contributed by atoms with E-state index in [0.717, 1.165) is 32.0 Å². The van der Waals surface area contributed by atoms with Gasteiger partial charge in [0.05, 0.1) is 0 Å². The van der Waals surface area contributed by atoms with E-state index in [2.05, 4.69) is 17.1 Å². The molecular weight excluding hydrogens is 312 g/mol. The van der Waals surface area contributed by atoms with Crippen molar-refractivity contribution in [1.82, 2.24) is 10.2 Å². The first-order valence-electron chi connectivity index (χ1n) is 10.9. The molecule has 1 rings (SSSR count). The molecule has 0 aliphatic carbocycles. The van der Waals surface area contributed by atoms with Gasteiger partial charge < -0.3 is 15.3 Å². The zero-order valence-electron chi connectivity index (χ0n) is 16.6. The van der Waals surface area contributed by atoms with Crippen LogP contribution >= 0.6 is 0 Å². The highest BCUT2D eigenvalue weighted by molar-refractivity contribution is 5.66. The van der Waals surface area contributed by atoms with Crippen LogP contribution in [0, 0.1) is 5.92 Å². The molecule has 25 heavy (non-hydrogen) atoms. The molecule has 4 nitrogen and oxygen atoms in total. The minimum absolute atomic E-state index is 0.307. The first-order chi connectivity index (χ1) is 12.2. The second kappa shape index (κ2) is 15.6. The predicted octanol–water partition coefficient (Wildman–Crippen LogP) is 4.68. The smallest absolute Gasteiger partial charge is 0.303 e. The molecule has 0 aromatic carbocycles. The molecule has 0 unspecified atom stereocenters. The van der Waals surface area contributed by atoms with Crippen molar-refractivity contribution < 1.29 is 9.90 Å². The molecule has 148 valence electrons. The Balaban J connectivity index is 2.14. The average molecular weight is 355 g/mol. The van der Waals surface area contributed by atoms with Crippen molar-refractivity contribution in [1.29, 1.82) is 0 Å². The van der Waals surface area contributed by atoms with Gasteiger partial charge in [-0.05, 0) is 77.2 Å². The summed E-state index contributed by atoms with van der Waals surface area (Å²) in [5, 5.41) is 12.3. The Morgan fingerprint density at radius 2 is 1.52 bits per heavy atom. The van der Waals surface area contributed by atoms with Crippen LogP contribution in [0.15, 0.2) is 0 Å². The Hall–Kier alpha value is -0.610. The topological polar surface area (TPSA) is 52.6 Å². The fourth-order valence-electron chi connectivity index (χ4n) is 3.86. The number of carboxylic acids is 1. The van der Waals surface area contributed by atoms with Gasteiger partial charge in [0.1, 0.15) is 0 Å². The standard InChI is InChI=1S/C21H42N2O2/c1-2-3-4-5-6-7-8-17-23(19-10-12-21(24)25)18-9-11-20-13-15-22-16-14-20/h20,22H,2-19H2,1H3,(H,24,25). The second-order valence-corrected chi connectivity index (χ2v) is 7.80. The molecule has 1 fully saturated rings. The van der Waals surface area contributed by atoms with Crippen LogP contribution in [0.4, 0.5) is 0 Å². The molecule has 1 heterocycles. The molecule has 0 radical (unpaired) electrons. The van der Waals surface area contributed by atoms with Crippen molar-refractivity contribution >= 4 is 5.97 Å². The second-order valence-electron chi connectivity index (χ2n) is 7.80. The predicted molar refractivity (Wildman–Crippen MR) is 106 cm³/mol. The molecule has 4 heteroatoms. The third-order valence-electron chi connectivity index (χ3n) is 5.49. The molecule has 0 aromatic heterocycles. The lowest BCUT2D eigenvalue weighted by molar-refractivity contribution is -0.137. The van der Waals surface area contributed by atoms with E-state index in [4.69, 9.17) is 5.11 Å². The lowest BCUT2D eigenvalue weighted by Gasteiger charge is -2.25. The van der Waals surface area contributed by atoms with E-state index in [0.29, 0.717) is 6.42 Å². The van der Waals surface area contributed by atoms with Crippen LogP contribution < -0.4 is 5.32 Å². The van der Waals surface area contributed by atoms with Crippen molar-refractivity contribution in [3.8, 4) is 0 Å². The molecule has 1 saturated heterocycles. The van der Waals surface area contributed by atoms with E-state index in [1.165, 1.54) is 83.7 Å². The number of rotatable bonds is 16. The highest BCUT2D eigenvalue weighted by Crippen LogP contribution is 2.18. The Bertz CT molecular complexity index is 317. The van der Waals surface area contributed by atoms with Crippen molar-refractivity contribution in [2.75, 3.05) is 32.7 Å². The Morgan fingerprint density at radius 1 is 0.920 bits per heavy atom. The quantitative estimate of drug-likeness (QED) is 0.395. The lowest BCUT2D eigenvalue weighted by Crippen LogP contribution is -2.30. The minimum Gasteiger partial charge on any atom is -0.481 e. The Morgan fingerprint density at radius 3 is 2.20 bits per heavy atom. The van der Waals surface area contributed by atoms with Crippen LogP contribution in [-0.4, -0.2) is 48.7 Å². The highest BCUT2D eigenvalue weighted by Gasteiger charge is 2.13. The summed E-state index contributed by atoms with van der Waals surface area (Å²) in [5.74, 6) is 0.242. The number of hydrogen-bond donors (Lipinski definition) is 2. The maximum Gasteiger partial charge on any atom is 0.303 e. The van der Waals surface area contributed by atoms with Gasteiger partial charge in [-0.1, -0.05) is 45.4 Å². The molecule has 0 aromatic rings. The van der Waals surface area contributed by atoms with E-state index in [1.807, 2.05) is 0 Å². The summed E-state index contributed by atoms with van der Waals surface area (Å²) in [7, 11) is 0. The van der Waals surface area contributed by atoms with Gasteiger partial charge in [0, 0.05) is 6.42 Å². The molecule has 0 spiro atoms. The summed E-state index contributed by atoms with van der Waals surface area (Å²) < 4.78 is 0. The molecular formula is C21H42N2O2. The number of unbranched alkanes of at least 4 members (excludes halogenated alkanes) is 6. The van der Waals surface area contributed by atoms with E-state index in [9.17, 15) is 4.79 Å². The number of piperidine rings is 1. The van der Waals surface area contributed by atoms with Crippen LogP contribution in [-0.2, 0) is 4.79 Å². The normalized spacial score (nSPS) is 15.8. The number of nitrogens with zero attached hydrogens (tertiary/aromatic N) is 1. The zero-order valence-corrected chi connectivity index (χ0v) is 16.6. The van der Waals surface area contributed by atoms with Gasteiger partial charge in [0.25, 0.3) is 0 Å². The van der Waals surface area contributed by atoms with E-state index < -0.39 is 5.97 Å². The summed E-state index contributed by atoms with van der Waals surface area (Å²) in [6.07, 6.45) is 15.8. The first kappa shape index (κ1) is 22.4. The minimum atomic E-state index is -0.662. The lowest BCUT2D eigenvalue weighted by atomic mass is 9.93. The molecule has 2 N–H and O–H groups in total. The fraction of sp³-hybridized carbons (Fsp3) is 0.952. The van der Waals surface area contributed by atoms with E-state index in [-0.39, 0.29) is 0 Å². The fourth-order valence-corrected chi connectivity index (χ4v) is 3.86. The highest BCUT2D eigenvalue weighted by atomic mass is 16.4. The molecule has 0 amide bonds. The number of hydrogen-bond acceptors (Lipinski definition) is 3. The van der Waals surface area contributed by atoms with Gasteiger partial charge in [0.15, 0.2) is 0 Å². The van der Waals surface area contributed by atoms with Crippen LogP contribution in [0.2, 0.25) is 0 Å².